The van der Waals surface area contributed by atoms with Crippen molar-refractivity contribution in [2.75, 3.05) is 0 Å². The van der Waals surface area contributed by atoms with Gasteiger partial charge in [-0.2, -0.15) is 0 Å². The molecule has 2 aliphatic rings. The van der Waals surface area contributed by atoms with Crippen molar-refractivity contribution < 1.29 is 8.78 Å². The van der Waals surface area contributed by atoms with E-state index in [0.717, 1.165) is 34.1 Å². The van der Waals surface area contributed by atoms with Crippen molar-refractivity contribution in [1.29, 1.82) is 0 Å². The smallest absolute Gasteiger partial charge is 0.202 e. The second-order valence-electron chi connectivity index (χ2n) is 5.57. The maximum atomic E-state index is 13.7. The number of fused-ring (bicyclic) bond motifs is 5. The minimum Gasteiger partial charge on any atom is -0.202 e. The van der Waals surface area contributed by atoms with E-state index in [9.17, 15) is 8.78 Å². The highest BCUT2D eigenvalue weighted by atomic mass is 19.3. The fourth-order valence-corrected chi connectivity index (χ4v) is 3.28. The van der Waals surface area contributed by atoms with Crippen molar-refractivity contribution in [1.82, 2.24) is 0 Å². The molecule has 2 aromatic carbocycles. The molecule has 0 nitrogen and oxygen atoms in total. The summed E-state index contributed by atoms with van der Waals surface area (Å²) < 4.78 is 27.4. The van der Waals surface area contributed by atoms with Crippen LogP contribution in [0.25, 0.3) is 23.3 Å². The lowest BCUT2D eigenvalue weighted by atomic mass is 9.86. The molecule has 20 heavy (non-hydrogen) atoms. The standard InChI is InChI=1S/C18H14F2/c19-18(20)10-9-13-6-7-15-14-4-2-1-3-12(14)5-8-16(15)17(13)11-18/h1-4,6-8,11H,5,9-10H2. The van der Waals surface area contributed by atoms with Gasteiger partial charge in [0.15, 0.2) is 0 Å². The summed E-state index contributed by atoms with van der Waals surface area (Å²) in [6.45, 7) is 0. The third-order valence-electron chi connectivity index (χ3n) is 4.29. The molecule has 0 fully saturated rings. The van der Waals surface area contributed by atoms with Gasteiger partial charge in [-0.05, 0) is 51.6 Å². The van der Waals surface area contributed by atoms with E-state index in [1.54, 1.807) is 0 Å². The number of alkyl halides is 2. The van der Waals surface area contributed by atoms with Gasteiger partial charge in [-0.1, -0.05) is 42.5 Å². The van der Waals surface area contributed by atoms with Crippen molar-refractivity contribution in [3.63, 3.8) is 0 Å². The first-order chi connectivity index (χ1) is 9.64. The molecule has 0 radical (unpaired) electrons. The molecule has 2 heteroatoms. The number of halogens is 2. The average molecular weight is 268 g/mol. The van der Waals surface area contributed by atoms with Gasteiger partial charge < -0.3 is 0 Å². The fraction of sp³-hybridized carbons (Fsp3) is 0.222. The molecule has 0 unspecified atom stereocenters. The Labute approximate surface area is 116 Å². The van der Waals surface area contributed by atoms with Gasteiger partial charge in [-0.25, -0.2) is 8.78 Å². The fourth-order valence-electron chi connectivity index (χ4n) is 3.28. The number of hydrogen-bond donors (Lipinski definition) is 0. The van der Waals surface area contributed by atoms with E-state index in [2.05, 4.69) is 24.3 Å². The predicted octanol–water partition coefficient (Wildman–Crippen LogP) is 3.05. The van der Waals surface area contributed by atoms with Crippen LogP contribution in [-0.4, -0.2) is 5.92 Å². The van der Waals surface area contributed by atoms with Crippen LogP contribution in [0.3, 0.4) is 0 Å². The van der Waals surface area contributed by atoms with E-state index in [1.807, 2.05) is 18.2 Å². The van der Waals surface area contributed by atoms with E-state index in [0.29, 0.717) is 6.42 Å². The normalized spacial score (nSPS) is 18.1. The molecular formula is C18H14F2. The topological polar surface area (TPSA) is 0 Å². The van der Waals surface area contributed by atoms with E-state index in [4.69, 9.17) is 0 Å². The van der Waals surface area contributed by atoms with E-state index in [-0.39, 0.29) is 6.42 Å². The van der Waals surface area contributed by atoms with Gasteiger partial charge in [-0.3, -0.25) is 0 Å². The SMILES string of the molecule is FC1(F)C=c2c(ccc3c2=CCc2ccccc2-3)CC1. The Hall–Kier alpha value is -1.96. The molecule has 0 bridgehead atoms. The predicted molar refractivity (Wildman–Crippen MR) is 77.0 cm³/mol. The quantitative estimate of drug-likeness (QED) is 0.689. The summed E-state index contributed by atoms with van der Waals surface area (Å²) in [5.41, 5.74) is 4.57. The van der Waals surface area contributed by atoms with E-state index < -0.39 is 5.92 Å². The Balaban J connectivity index is 2.07. The minimum absolute atomic E-state index is 0.0740. The second-order valence-corrected chi connectivity index (χ2v) is 5.57. The van der Waals surface area contributed by atoms with Crippen molar-refractivity contribution >= 4 is 12.2 Å². The van der Waals surface area contributed by atoms with Crippen LogP contribution in [0, 0.1) is 0 Å². The number of aryl methyl sites for hydroxylation is 1. The second kappa shape index (κ2) is 4.02. The van der Waals surface area contributed by atoms with Crippen LogP contribution < -0.4 is 10.4 Å². The van der Waals surface area contributed by atoms with Gasteiger partial charge in [0.2, 0.25) is 0 Å². The van der Waals surface area contributed by atoms with Crippen LogP contribution in [0.4, 0.5) is 8.78 Å². The highest BCUT2D eigenvalue weighted by molar-refractivity contribution is 5.74. The molecular weight excluding hydrogens is 254 g/mol. The molecule has 0 spiro atoms. The molecule has 0 heterocycles. The zero-order chi connectivity index (χ0) is 13.7. The summed E-state index contributed by atoms with van der Waals surface area (Å²) in [5.74, 6) is -2.67. The number of benzene rings is 2. The summed E-state index contributed by atoms with van der Waals surface area (Å²) in [6, 6.07) is 12.3. The molecule has 0 saturated carbocycles. The van der Waals surface area contributed by atoms with Crippen molar-refractivity contribution in [3.8, 4) is 11.1 Å². The Kier molecular flexibility index (Phi) is 2.38. The molecule has 0 saturated heterocycles. The van der Waals surface area contributed by atoms with Gasteiger partial charge in [-0.15, -0.1) is 0 Å². The van der Waals surface area contributed by atoms with Gasteiger partial charge in [0.25, 0.3) is 5.92 Å². The minimum atomic E-state index is -2.67. The van der Waals surface area contributed by atoms with Gasteiger partial charge >= 0.3 is 0 Å². The average Bonchev–Trinajstić information content (AvgIpc) is 2.45. The Morgan fingerprint density at radius 2 is 1.70 bits per heavy atom. The summed E-state index contributed by atoms with van der Waals surface area (Å²) >= 11 is 0. The van der Waals surface area contributed by atoms with Gasteiger partial charge in [0, 0.05) is 6.42 Å². The lowest BCUT2D eigenvalue weighted by molar-refractivity contribution is 0.0610. The first kappa shape index (κ1) is 11.8. The molecule has 100 valence electrons. The first-order valence-electron chi connectivity index (χ1n) is 6.95. The Morgan fingerprint density at radius 1 is 0.850 bits per heavy atom. The highest BCUT2D eigenvalue weighted by Crippen LogP contribution is 2.28. The molecule has 2 aliphatic carbocycles. The maximum Gasteiger partial charge on any atom is 0.267 e. The third kappa shape index (κ3) is 1.71. The first-order valence-corrected chi connectivity index (χ1v) is 6.95. The van der Waals surface area contributed by atoms with Crippen LogP contribution in [0.15, 0.2) is 36.4 Å². The molecule has 2 aromatic rings. The monoisotopic (exact) mass is 268 g/mol. The maximum absolute atomic E-state index is 13.7. The summed E-state index contributed by atoms with van der Waals surface area (Å²) in [4.78, 5) is 0. The van der Waals surface area contributed by atoms with Crippen molar-refractivity contribution in [2.24, 2.45) is 0 Å². The zero-order valence-electron chi connectivity index (χ0n) is 11.0. The van der Waals surface area contributed by atoms with Crippen LogP contribution in [-0.2, 0) is 12.8 Å². The molecule has 0 atom stereocenters. The van der Waals surface area contributed by atoms with Crippen LogP contribution in [0.2, 0.25) is 0 Å². The molecule has 0 aliphatic heterocycles. The molecule has 0 amide bonds. The Bertz CT molecular complexity index is 816. The summed E-state index contributed by atoms with van der Waals surface area (Å²) in [7, 11) is 0. The van der Waals surface area contributed by atoms with Gasteiger partial charge in [0.05, 0.1) is 0 Å². The highest BCUT2D eigenvalue weighted by Gasteiger charge is 2.29. The largest absolute Gasteiger partial charge is 0.267 e. The Morgan fingerprint density at radius 3 is 2.60 bits per heavy atom. The van der Waals surface area contributed by atoms with Crippen LogP contribution in [0.1, 0.15) is 17.5 Å². The number of hydrogen-bond acceptors (Lipinski definition) is 0. The summed E-state index contributed by atoms with van der Waals surface area (Å²) in [6.07, 6.45) is 4.46. The van der Waals surface area contributed by atoms with Crippen LogP contribution >= 0.6 is 0 Å². The van der Waals surface area contributed by atoms with Crippen molar-refractivity contribution in [2.45, 2.75) is 25.2 Å². The lowest BCUT2D eigenvalue weighted by Crippen LogP contribution is -2.38. The van der Waals surface area contributed by atoms with Crippen LogP contribution in [0.5, 0.6) is 0 Å². The molecule has 0 N–H and O–H groups in total. The third-order valence-corrected chi connectivity index (χ3v) is 4.29. The van der Waals surface area contributed by atoms with E-state index >= 15 is 0 Å². The lowest BCUT2D eigenvalue weighted by Gasteiger charge is -2.21. The number of rotatable bonds is 0. The summed E-state index contributed by atoms with van der Waals surface area (Å²) in [5, 5.41) is 1.73. The molecule has 0 aromatic heterocycles. The molecule has 4 rings (SSSR count). The van der Waals surface area contributed by atoms with E-state index in [1.165, 1.54) is 11.1 Å². The van der Waals surface area contributed by atoms with Gasteiger partial charge in [0.1, 0.15) is 0 Å². The van der Waals surface area contributed by atoms with Crippen molar-refractivity contribution in [3.05, 3.63) is 58.0 Å². The zero-order valence-corrected chi connectivity index (χ0v) is 11.0.